The maximum absolute atomic E-state index is 13.8. The maximum atomic E-state index is 13.8. The van der Waals surface area contributed by atoms with Gasteiger partial charge in [0.2, 0.25) is 0 Å². The summed E-state index contributed by atoms with van der Waals surface area (Å²) in [7, 11) is 0. The smallest absolute Gasteiger partial charge is 0.260 e. The van der Waals surface area contributed by atoms with Gasteiger partial charge >= 0.3 is 0 Å². The molecule has 2 nitrogen and oxygen atoms in total. The van der Waals surface area contributed by atoms with Gasteiger partial charge in [-0.1, -0.05) is 18.2 Å². The molecule has 22 heavy (non-hydrogen) atoms. The van der Waals surface area contributed by atoms with Crippen LogP contribution in [0, 0.1) is 17.5 Å². The molecule has 1 fully saturated rings. The van der Waals surface area contributed by atoms with Gasteiger partial charge in [-0.15, -0.1) is 0 Å². The fourth-order valence-electron chi connectivity index (χ4n) is 2.92. The lowest BCUT2D eigenvalue weighted by Gasteiger charge is -2.25. The van der Waals surface area contributed by atoms with Crippen molar-refractivity contribution in [1.29, 1.82) is 0 Å². The molecular formula is C17H14F3NO. The molecule has 2 aromatic rings. The standard InChI is InChI=1S/C17H14F3NO/c18-12-5-1-4-11(10-12)15-8-3-9-21(15)17(22)16-13(19)6-2-7-14(16)20/h1-2,4-7,10,15H,3,8-9H2/t15-/m1/s1. The van der Waals surface area contributed by atoms with Crippen molar-refractivity contribution < 1.29 is 18.0 Å². The topological polar surface area (TPSA) is 20.3 Å². The third-order valence-corrected chi connectivity index (χ3v) is 3.92. The van der Waals surface area contributed by atoms with Crippen LogP contribution in [0.25, 0.3) is 0 Å². The van der Waals surface area contributed by atoms with E-state index in [0.717, 1.165) is 12.1 Å². The van der Waals surface area contributed by atoms with Crippen LogP contribution in [-0.4, -0.2) is 17.4 Å². The first-order valence-electron chi connectivity index (χ1n) is 7.08. The first-order chi connectivity index (χ1) is 10.6. The van der Waals surface area contributed by atoms with Gasteiger partial charge in [-0.2, -0.15) is 0 Å². The molecule has 1 aliphatic rings. The molecule has 0 N–H and O–H groups in total. The summed E-state index contributed by atoms with van der Waals surface area (Å²) in [5.41, 5.74) is 0.0911. The number of benzene rings is 2. The highest BCUT2D eigenvalue weighted by Gasteiger charge is 2.33. The number of hydrogen-bond acceptors (Lipinski definition) is 1. The second-order valence-corrected chi connectivity index (χ2v) is 5.31. The van der Waals surface area contributed by atoms with Gasteiger partial charge in [0, 0.05) is 6.54 Å². The summed E-state index contributed by atoms with van der Waals surface area (Å²) < 4.78 is 41.0. The number of amides is 1. The van der Waals surface area contributed by atoms with Crippen LogP contribution in [0.3, 0.4) is 0 Å². The number of nitrogens with zero attached hydrogens (tertiary/aromatic N) is 1. The highest BCUT2D eigenvalue weighted by molar-refractivity contribution is 5.95. The molecule has 5 heteroatoms. The van der Waals surface area contributed by atoms with Crippen LogP contribution in [0.15, 0.2) is 42.5 Å². The molecule has 1 heterocycles. The van der Waals surface area contributed by atoms with Crippen molar-refractivity contribution >= 4 is 5.91 Å². The molecule has 1 saturated heterocycles. The largest absolute Gasteiger partial charge is 0.331 e. The van der Waals surface area contributed by atoms with Gasteiger partial charge in [-0.3, -0.25) is 4.79 Å². The third-order valence-electron chi connectivity index (χ3n) is 3.92. The Morgan fingerprint density at radius 3 is 2.41 bits per heavy atom. The molecule has 0 saturated carbocycles. The van der Waals surface area contributed by atoms with E-state index in [0.29, 0.717) is 24.9 Å². The minimum Gasteiger partial charge on any atom is -0.331 e. The lowest BCUT2D eigenvalue weighted by Crippen LogP contribution is -2.32. The molecule has 114 valence electrons. The van der Waals surface area contributed by atoms with Gasteiger partial charge < -0.3 is 4.90 Å². The fraction of sp³-hybridized carbons (Fsp3) is 0.235. The molecule has 3 rings (SSSR count). The summed E-state index contributed by atoms with van der Waals surface area (Å²) in [5, 5.41) is 0. The fourth-order valence-corrected chi connectivity index (χ4v) is 2.92. The Labute approximate surface area is 126 Å². The van der Waals surface area contributed by atoms with Crippen molar-refractivity contribution in [2.75, 3.05) is 6.54 Å². The average Bonchev–Trinajstić information content (AvgIpc) is 2.96. The zero-order chi connectivity index (χ0) is 15.7. The number of carbonyl (C=O) groups is 1. The lowest BCUT2D eigenvalue weighted by atomic mass is 10.0. The minimum atomic E-state index is -0.880. The summed E-state index contributed by atoms with van der Waals surface area (Å²) in [6, 6.07) is 8.94. The van der Waals surface area contributed by atoms with E-state index in [9.17, 15) is 18.0 Å². The van der Waals surface area contributed by atoms with E-state index >= 15 is 0 Å². The van der Waals surface area contributed by atoms with Crippen molar-refractivity contribution in [3.8, 4) is 0 Å². The van der Waals surface area contributed by atoms with Crippen LogP contribution >= 0.6 is 0 Å². The summed E-state index contributed by atoms with van der Waals surface area (Å²) >= 11 is 0. The Morgan fingerprint density at radius 2 is 1.73 bits per heavy atom. The van der Waals surface area contributed by atoms with Crippen LogP contribution in [0.2, 0.25) is 0 Å². The average molecular weight is 305 g/mol. The summed E-state index contributed by atoms with van der Waals surface area (Å²) in [4.78, 5) is 13.9. The van der Waals surface area contributed by atoms with Crippen LogP contribution < -0.4 is 0 Å². The Bertz CT molecular complexity index is 697. The Hall–Kier alpha value is -2.30. The van der Waals surface area contributed by atoms with E-state index in [1.54, 1.807) is 12.1 Å². The molecular weight excluding hydrogens is 291 g/mol. The first-order valence-corrected chi connectivity index (χ1v) is 7.08. The lowest BCUT2D eigenvalue weighted by molar-refractivity contribution is 0.0725. The zero-order valence-corrected chi connectivity index (χ0v) is 11.7. The monoisotopic (exact) mass is 305 g/mol. The summed E-state index contributed by atoms with van der Waals surface area (Å²) in [5.74, 6) is -2.85. The van der Waals surface area contributed by atoms with E-state index in [-0.39, 0.29) is 6.04 Å². The third kappa shape index (κ3) is 2.58. The number of carbonyl (C=O) groups excluding carboxylic acids is 1. The van der Waals surface area contributed by atoms with Crippen molar-refractivity contribution in [1.82, 2.24) is 4.90 Å². The van der Waals surface area contributed by atoms with Crippen molar-refractivity contribution in [2.24, 2.45) is 0 Å². The predicted octanol–water partition coefficient (Wildman–Crippen LogP) is 4.08. The Balaban J connectivity index is 1.95. The summed E-state index contributed by atoms with van der Waals surface area (Å²) in [6.07, 6.45) is 1.36. The second kappa shape index (κ2) is 5.83. The van der Waals surface area contributed by atoms with Gasteiger partial charge in [-0.25, -0.2) is 13.2 Å². The maximum Gasteiger partial charge on any atom is 0.260 e. The van der Waals surface area contributed by atoms with Crippen molar-refractivity contribution in [3.63, 3.8) is 0 Å². The number of likely N-dealkylation sites (tertiary alicyclic amines) is 1. The molecule has 0 radical (unpaired) electrons. The van der Waals surface area contributed by atoms with E-state index in [1.165, 1.54) is 23.1 Å². The first kappa shape index (κ1) is 14.6. The molecule has 0 aliphatic carbocycles. The van der Waals surface area contributed by atoms with Gasteiger partial charge in [0.1, 0.15) is 23.0 Å². The molecule has 0 spiro atoms. The molecule has 0 bridgehead atoms. The zero-order valence-electron chi connectivity index (χ0n) is 11.7. The Kier molecular flexibility index (Phi) is 3.88. The molecule has 2 aromatic carbocycles. The normalized spacial score (nSPS) is 17.8. The Morgan fingerprint density at radius 1 is 1.05 bits per heavy atom. The highest BCUT2D eigenvalue weighted by atomic mass is 19.1. The SMILES string of the molecule is O=C(c1c(F)cccc1F)N1CCC[C@@H]1c1cccc(F)c1. The summed E-state index contributed by atoms with van der Waals surface area (Å²) in [6.45, 7) is 0.397. The van der Waals surface area contributed by atoms with Gasteiger partial charge in [0.15, 0.2) is 0 Å². The van der Waals surface area contributed by atoms with Crippen molar-refractivity contribution in [3.05, 3.63) is 71.0 Å². The molecule has 1 atom stereocenters. The quantitative estimate of drug-likeness (QED) is 0.818. The van der Waals surface area contributed by atoms with Crippen LogP contribution in [-0.2, 0) is 0 Å². The van der Waals surface area contributed by atoms with E-state index in [2.05, 4.69) is 0 Å². The van der Waals surface area contributed by atoms with Gasteiger partial charge in [-0.05, 0) is 42.7 Å². The molecule has 1 amide bonds. The molecule has 0 unspecified atom stereocenters. The van der Waals surface area contributed by atoms with Crippen LogP contribution in [0.5, 0.6) is 0 Å². The molecule has 0 aromatic heterocycles. The van der Waals surface area contributed by atoms with Crippen LogP contribution in [0.1, 0.15) is 34.8 Å². The highest BCUT2D eigenvalue weighted by Crippen LogP contribution is 2.34. The number of halogens is 3. The van der Waals surface area contributed by atoms with E-state index in [1.807, 2.05) is 0 Å². The van der Waals surface area contributed by atoms with Gasteiger partial charge in [0.25, 0.3) is 5.91 Å². The number of hydrogen-bond donors (Lipinski definition) is 0. The van der Waals surface area contributed by atoms with Gasteiger partial charge in [0.05, 0.1) is 6.04 Å². The van der Waals surface area contributed by atoms with Crippen LogP contribution in [0.4, 0.5) is 13.2 Å². The van der Waals surface area contributed by atoms with E-state index in [4.69, 9.17) is 0 Å². The van der Waals surface area contributed by atoms with E-state index < -0.39 is 28.9 Å². The van der Waals surface area contributed by atoms with Crippen molar-refractivity contribution in [2.45, 2.75) is 18.9 Å². The number of rotatable bonds is 2. The molecule has 1 aliphatic heterocycles. The minimum absolute atomic E-state index is 0.359. The second-order valence-electron chi connectivity index (χ2n) is 5.31. The predicted molar refractivity (Wildman–Crippen MR) is 75.8 cm³/mol.